The first-order valence-corrected chi connectivity index (χ1v) is 10.2. The molecule has 166 valence electrons. The van der Waals surface area contributed by atoms with Gasteiger partial charge in [0.2, 0.25) is 5.60 Å². The molecule has 1 N–H and O–H groups in total. The number of alkyl halides is 3. The van der Waals surface area contributed by atoms with Gasteiger partial charge in [-0.05, 0) is 42.0 Å². The van der Waals surface area contributed by atoms with Crippen LogP contribution in [0.4, 0.5) is 13.2 Å². The van der Waals surface area contributed by atoms with E-state index in [0.29, 0.717) is 16.3 Å². The van der Waals surface area contributed by atoms with E-state index >= 15 is 0 Å². The highest BCUT2D eigenvalue weighted by Crippen LogP contribution is 2.41. The molecule has 0 bridgehead atoms. The average molecular weight is 449 g/mol. The molecule has 33 heavy (non-hydrogen) atoms. The summed E-state index contributed by atoms with van der Waals surface area (Å²) in [5.74, 6) is 0.232. The Labute approximate surface area is 186 Å². The molecule has 2 aromatic heterocycles. The molecule has 0 aliphatic carbocycles. The summed E-state index contributed by atoms with van der Waals surface area (Å²) < 4.78 is 49.5. The van der Waals surface area contributed by atoms with Gasteiger partial charge in [-0.2, -0.15) is 18.3 Å². The summed E-state index contributed by atoms with van der Waals surface area (Å²) >= 11 is 0. The van der Waals surface area contributed by atoms with Gasteiger partial charge in [-0.1, -0.05) is 36.4 Å². The van der Waals surface area contributed by atoms with Crippen LogP contribution in [0.5, 0.6) is 5.75 Å². The second-order valence-electron chi connectivity index (χ2n) is 7.67. The minimum Gasteiger partial charge on any atom is -0.489 e. The molecule has 1 atom stereocenters. The van der Waals surface area contributed by atoms with Crippen molar-refractivity contribution in [3.63, 3.8) is 0 Å². The van der Waals surface area contributed by atoms with Gasteiger partial charge in [0.25, 0.3) is 0 Å². The fourth-order valence-electron chi connectivity index (χ4n) is 3.79. The number of hydrogen-bond donors (Lipinski definition) is 1. The molecule has 2 heterocycles. The maximum atomic E-state index is 14.1. The second kappa shape index (κ2) is 7.90. The average Bonchev–Trinajstić information content (AvgIpc) is 3.25. The predicted octanol–water partition coefficient (Wildman–Crippen LogP) is 5.40. The van der Waals surface area contributed by atoms with Crippen molar-refractivity contribution in [3.05, 3.63) is 97.0 Å². The number of pyridine rings is 1. The molecule has 1 unspecified atom stereocenters. The van der Waals surface area contributed by atoms with E-state index < -0.39 is 18.4 Å². The van der Waals surface area contributed by atoms with Gasteiger partial charge >= 0.3 is 6.18 Å². The Morgan fingerprint density at radius 3 is 2.48 bits per heavy atom. The van der Waals surface area contributed by atoms with E-state index in [9.17, 15) is 18.3 Å². The van der Waals surface area contributed by atoms with Crippen LogP contribution in [0.25, 0.3) is 27.4 Å². The number of hydrogen-bond acceptors (Lipinski definition) is 4. The Hall–Kier alpha value is -3.91. The van der Waals surface area contributed by atoms with E-state index in [1.54, 1.807) is 35.1 Å². The van der Waals surface area contributed by atoms with E-state index in [4.69, 9.17) is 4.74 Å². The summed E-state index contributed by atoms with van der Waals surface area (Å²) in [5.41, 5.74) is -2.14. The van der Waals surface area contributed by atoms with Gasteiger partial charge in [0, 0.05) is 28.6 Å². The zero-order valence-corrected chi connectivity index (χ0v) is 17.2. The minimum atomic E-state index is -4.97. The number of fused-ring (bicyclic) bond motifs is 2. The lowest BCUT2D eigenvalue weighted by molar-refractivity contribution is -0.275. The molecule has 0 saturated carbocycles. The molecule has 3 aromatic carbocycles. The normalized spacial score (nSPS) is 13.8. The molecule has 0 spiro atoms. The molecule has 0 fully saturated rings. The minimum absolute atomic E-state index is 0.232. The van der Waals surface area contributed by atoms with Crippen LogP contribution in [0.1, 0.15) is 5.56 Å². The first kappa shape index (κ1) is 21.0. The molecule has 5 nitrogen and oxygen atoms in total. The smallest absolute Gasteiger partial charge is 0.424 e. The van der Waals surface area contributed by atoms with Crippen LogP contribution in [0.3, 0.4) is 0 Å². The Balaban J connectivity index is 1.52. The number of nitrogens with zero attached hydrogens (tertiary/aromatic N) is 3. The fourth-order valence-corrected chi connectivity index (χ4v) is 3.79. The summed E-state index contributed by atoms with van der Waals surface area (Å²) in [6, 6.07) is 20.0. The van der Waals surface area contributed by atoms with Gasteiger partial charge in [-0.15, -0.1) is 0 Å². The zero-order chi connectivity index (χ0) is 23.1. The predicted molar refractivity (Wildman–Crippen MR) is 118 cm³/mol. The van der Waals surface area contributed by atoms with Gasteiger partial charge in [-0.25, -0.2) is 4.68 Å². The SMILES string of the molecule is OC(COc1cccc2cnccc12)(c1ccc2c(cnn2-c2ccccc2)c1)C(F)(F)F. The Morgan fingerprint density at radius 2 is 1.70 bits per heavy atom. The quantitative estimate of drug-likeness (QED) is 0.390. The highest BCUT2D eigenvalue weighted by atomic mass is 19.4. The van der Waals surface area contributed by atoms with Gasteiger partial charge in [-0.3, -0.25) is 4.98 Å². The van der Waals surface area contributed by atoms with Gasteiger partial charge < -0.3 is 9.84 Å². The van der Waals surface area contributed by atoms with Crippen LogP contribution in [0, 0.1) is 0 Å². The number of ether oxygens (including phenoxy) is 1. The summed E-state index contributed by atoms with van der Waals surface area (Å²) in [6.45, 7) is -1.00. The van der Waals surface area contributed by atoms with E-state index in [2.05, 4.69) is 10.1 Å². The molecular weight excluding hydrogens is 431 g/mol. The molecule has 0 aliphatic rings. The number of aromatic nitrogens is 3. The maximum absolute atomic E-state index is 14.1. The number of benzene rings is 3. The van der Waals surface area contributed by atoms with Crippen LogP contribution in [-0.4, -0.2) is 32.7 Å². The lowest BCUT2D eigenvalue weighted by Gasteiger charge is -2.31. The third-order valence-corrected chi connectivity index (χ3v) is 5.59. The lowest BCUT2D eigenvalue weighted by Crippen LogP contribution is -2.47. The van der Waals surface area contributed by atoms with Crippen LogP contribution in [0.2, 0.25) is 0 Å². The van der Waals surface area contributed by atoms with Crippen molar-refractivity contribution >= 4 is 21.7 Å². The molecule has 0 aliphatic heterocycles. The summed E-state index contributed by atoms with van der Waals surface area (Å²) in [6.07, 6.45) is -0.372. The Bertz CT molecular complexity index is 1430. The highest BCUT2D eigenvalue weighted by Gasteiger charge is 2.56. The van der Waals surface area contributed by atoms with E-state index in [1.807, 2.05) is 30.3 Å². The molecule has 0 radical (unpaired) electrons. The molecule has 5 rings (SSSR count). The van der Waals surface area contributed by atoms with Crippen LogP contribution >= 0.6 is 0 Å². The van der Waals surface area contributed by atoms with Gasteiger partial charge in [0.05, 0.1) is 17.4 Å². The maximum Gasteiger partial charge on any atom is 0.424 e. The molecule has 5 aromatic rings. The molecular formula is C25H18F3N3O2. The highest BCUT2D eigenvalue weighted by molar-refractivity contribution is 5.87. The van der Waals surface area contributed by atoms with Crippen LogP contribution < -0.4 is 4.74 Å². The standard InChI is InChI=1S/C25H18F3N3O2/c26-25(27,28)24(32,16-33-23-8-4-5-17-14-29-12-11-21(17)23)19-9-10-22-18(13-19)15-30-31(22)20-6-2-1-3-7-20/h1-15,32H,16H2. The van der Waals surface area contributed by atoms with Crippen molar-refractivity contribution in [2.45, 2.75) is 11.8 Å². The molecule has 8 heteroatoms. The summed E-state index contributed by atoms with van der Waals surface area (Å²) in [5, 5.41) is 16.9. The first-order chi connectivity index (χ1) is 15.9. The van der Waals surface area contributed by atoms with Crippen molar-refractivity contribution in [1.29, 1.82) is 0 Å². The fraction of sp³-hybridized carbons (Fsp3) is 0.120. The van der Waals surface area contributed by atoms with Crippen LogP contribution in [0.15, 0.2) is 91.4 Å². The van der Waals surface area contributed by atoms with E-state index in [-0.39, 0.29) is 11.3 Å². The Morgan fingerprint density at radius 1 is 0.879 bits per heavy atom. The van der Waals surface area contributed by atoms with E-state index in [1.165, 1.54) is 30.6 Å². The van der Waals surface area contributed by atoms with Crippen molar-refractivity contribution in [2.24, 2.45) is 0 Å². The molecule has 0 amide bonds. The van der Waals surface area contributed by atoms with E-state index in [0.717, 1.165) is 11.1 Å². The molecule has 0 saturated heterocycles. The van der Waals surface area contributed by atoms with Gasteiger partial charge in [0.15, 0.2) is 0 Å². The first-order valence-electron chi connectivity index (χ1n) is 10.2. The Kier molecular flexibility index (Phi) is 5.02. The summed E-state index contributed by atoms with van der Waals surface area (Å²) in [4.78, 5) is 4.01. The van der Waals surface area contributed by atoms with Crippen molar-refractivity contribution < 1.29 is 23.0 Å². The largest absolute Gasteiger partial charge is 0.489 e. The third kappa shape index (κ3) is 3.68. The summed E-state index contributed by atoms with van der Waals surface area (Å²) in [7, 11) is 0. The van der Waals surface area contributed by atoms with Gasteiger partial charge in [0.1, 0.15) is 12.4 Å². The second-order valence-corrected chi connectivity index (χ2v) is 7.67. The monoisotopic (exact) mass is 449 g/mol. The van der Waals surface area contributed by atoms with Crippen molar-refractivity contribution in [3.8, 4) is 11.4 Å². The number of aliphatic hydroxyl groups is 1. The van der Waals surface area contributed by atoms with Crippen molar-refractivity contribution in [1.82, 2.24) is 14.8 Å². The lowest BCUT2D eigenvalue weighted by atomic mass is 9.93. The topological polar surface area (TPSA) is 60.2 Å². The van der Waals surface area contributed by atoms with Crippen LogP contribution in [-0.2, 0) is 5.60 Å². The van der Waals surface area contributed by atoms with Crippen molar-refractivity contribution in [2.75, 3.05) is 6.61 Å². The zero-order valence-electron chi connectivity index (χ0n) is 17.2. The number of halogens is 3. The number of para-hydroxylation sites is 1. The number of rotatable bonds is 5. The third-order valence-electron chi connectivity index (χ3n) is 5.59.